The lowest BCUT2D eigenvalue weighted by molar-refractivity contribution is 0.199. The molecular weight excluding hydrogens is 264 g/mol. The van der Waals surface area contributed by atoms with Crippen molar-refractivity contribution in [1.82, 2.24) is 5.32 Å². The summed E-state index contributed by atoms with van der Waals surface area (Å²) in [5, 5.41) is 3.20. The number of methoxy groups -OCH3 is 1. The predicted molar refractivity (Wildman–Crippen MR) is 77.7 cm³/mol. The molecule has 0 saturated carbocycles. The van der Waals surface area contributed by atoms with Gasteiger partial charge >= 0.3 is 0 Å². The largest absolute Gasteiger partial charge is 0.385 e. The van der Waals surface area contributed by atoms with E-state index in [4.69, 9.17) is 4.74 Å². The molecule has 1 rings (SSSR count). The molecular formula is C13H22N2O3S. The second-order valence-corrected chi connectivity index (χ2v) is 6.09. The Morgan fingerprint density at radius 2 is 2.11 bits per heavy atom. The fourth-order valence-electron chi connectivity index (χ4n) is 1.64. The van der Waals surface area contributed by atoms with Crippen molar-refractivity contribution in [2.45, 2.75) is 19.9 Å². The number of hydrogen-bond donors (Lipinski definition) is 2. The molecule has 0 spiro atoms. The topological polar surface area (TPSA) is 67.4 Å². The minimum Gasteiger partial charge on any atom is -0.385 e. The Kier molecular flexibility index (Phi) is 6.83. The van der Waals surface area contributed by atoms with Gasteiger partial charge in [0.2, 0.25) is 10.0 Å². The summed E-state index contributed by atoms with van der Waals surface area (Å²) in [7, 11) is -1.73. The molecule has 0 aromatic heterocycles. The van der Waals surface area contributed by atoms with Crippen molar-refractivity contribution < 1.29 is 13.2 Å². The van der Waals surface area contributed by atoms with Gasteiger partial charge in [0, 0.05) is 25.9 Å². The van der Waals surface area contributed by atoms with Crippen LogP contribution in [0.25, 0.3) is 0 Å². The molecule has 0 aliphatic carbocycles. The van der Waals surface area contributed by atoms with E-state index in [-0.39, 0.29) is 5.75 Å². The molecule has 1 aromatic rings. The van der Waals surface area contributed by atoms with Crippen LogP contribution in [0.4, 0.5) is 5.69 Å². The lowest BCUT2D eigenvalue weighted by atomic mass is 10.2. The van der Waals surface area contributed by atoms with Crippen molar-refractivity contribution >= 4 is 15.7 Å². The number of hydrogen-bond acceptors (Lipinski definition) is 4. The smallest absolute Gasteiger partial charge is 0.232 e. The van der Waals surface area contributed by atoms with Crippen LogP contribution in [-0.2, 0) is 21.3 Å². The summed E-state index contributed by atoms with van der Waals surface area (Å²) < 4.78 is 31.1. The first-order valence-corrected chi connectivity index (χ1v) is 8.01. The molecule has 0 radical (unpaired) electrons. The van der Waals surface area contributed by atoms with Crippen LogP contribution < -0.4 is 10.0 Å². The summed E-state index contributed by atoms with van der Waals surface area (Å²) in [6.07, 6.45) is 0.489. The number of benzene rings is 1. The highest BCUT2D eigenvalue weighted by Gasteiger charge is 2.10. The molecule has 0 fully saturated rings. The lowest BCUT2D eigenvalue weighted by Crippen LogP contribution is -2.18. The summed E-state index contributed by atoms with van der Waals surface area (Å²) in [6.45, 7) is 4.09. The van der Waals surface area contributed by atoms with Gasteiger partial charge < -0.3 is 10.1 Å². The Labute approximate surface area is 115 Å². The second kappa shape index (κ2) is 8.14. The number of sulfonamides is 1. The van der Waals surface area contributed by atoms with Gasteiger partial charge in [0.1, 0.15) is 0 Å². The van der Waals surface area contributed by atoms with Gasteiger partial charge in [-0.3, -0.25) is 4.72 Å². The molecule has 19 heavy (non-hydrogen) atoms. The summed E-state index contributed by atoms with van der Waals surface area (Å²) >= 11 is 0. The van der Waals surface area contributed by atoms with Gasteiger partial charge in [0.05, 0.1) is 5.75 Å². The summed E-state index contributed by atoms with van der Waals surface area (Å²) in [5.74, 6) is 0.0677. The molecule has 0 atom stereocenters. The van der Waals surface area contributed by atoms with Gasteiger partial charge in [0.15, 0.2) is 0 Å². The Hall–Kier alpha value is -1.11. The molecule has 0 heterocycles. The van der Waals surface area contributed by atoms with E-state index in [1.165, 1.54) is 0 Å². The average molecular weight is 286 g/mol. The van der Waals surface area contributed by atoms with Gasteiger partial charge in [-0.05, 0) is 30.7 Å². The van der Waals surface area contributed by atoms with Crippen molar-refractivity contribution in [3.8, 4) is 0 Å². The van der Waals surface area contributed by atoms with Crippen LogP contribution in [0.3, 0.4) is 0 Å². The molecule has 6 heteroatoms. The van der Waals surface area contributed by atoms with Crippen LogP contribution >= 0.6 is 0 Å². The Morgan fingerprint density at radius 3 is 2.79 bits per heavy atom. The number of anilines is 1. The Balaban J connectivity index is 2.60. The van der Waals surface area contributed by atoms with Crippen LogP contribution in [0.2, 0.25) is 0 Å². The van der Waals surface area contributed by atoms with Crippen LogP contribution in [0.5, 0.6) is 0 Å². The van der Waals surface area contributed by atoms with Gasteiger partial charge in [-0.1, -0.05) is 19.1 Å². The maximum atomic E-state index is 11.8. The first kappa shape index (κ1) is 15.9. The Morgan fingerprint density at radius 1 is 1.32 bits per heavy atom. The minimum absolute atomic E-state index is 0.0677. The van der Waals surface area contributed by atoms with E-state index in [0.717, 1.165) is 18.7 Å². The van der Waals surface area contributed by atoms with Crippen LogP contribution in [0.1, 0.15) is 18.9 Å². The SMILES string of the molecule is CCNCc1cccc(NS(=O)(=O)CCCOC)c1. The van der Waals surface area contributed by atoms with Gasteiger partial charge in [0.25, 0.3) is 0 Å². The molecule has 2 N–H and O–H groups in total. The third-order valence-corrected chi connectivity index (χ3v) is 3.91. The van der Waals surface area contributed by atoms with Crippen molar-refractivity contribution in [3.63, 3.8) is 0 Å². The van der Waals surface area contributed by atoms with Crippen molar-refractivity contribution in [2.75, 3.05) is 30.7 Å². The van der Waals surface area contributed by atoms with E-state index in [1.54, 1.807) is 13.2 Å². The first-order valence-electron chi connectivity index (χ1n) is 6.36. The van der Waals surface area contributed by atoms with Gasteiger partial charge in [-0.2, -0.15) is 0 Å². The highest BCUT2D eigenvalue weighted by Crippen LogP contribution is 2.12. The number of rotatable bonds is 9. The molecule has 0 bridgehead atoms. The summed E-state index contributed by atoms with van der Waals surface area (Å²) in [5.41, 5.74) is 1.66. The lowest BCUT2D eigenvalue weighted by Gasteiger charge is -2.09. The molecule has 0 saturated heterocycles. The summed E-state index contributed by atoms with van der Waals surface area (Å²) in [6, 6.07) is 7.41. The fourth-order valence-corrected chi connectivity index (χ4v) is 2.72. The van der Waals surface area contributed by atoms with Gasteiger partial charge in [-0.25, -0.2) is 8.42 Å². The van der Waals surface area contributed by atoms with Crippen molar-refractivity contribution in [1.29, 1.82) is 0 Å². The molecule has 1 aromatic carbocycles. The third-order valence-electron chi connectivity index (χ3n) is 2.54. The monoisotopic (exact) mass is 286 g/mol. The zero-order chi connectivity index (χ0) is 14.1. The standard InChI is InChI=1S/C13H22N2O3S/c1-3-14-11-12-6-4-7-13(10-12)15-19(16,17)9-5-8-18-2/h4,6-7,10,14-15H,3,5,8-9,11H2,1-2H3. The predicted octanol–water partition coefficient (Wildman–Crippen LogP) is 1.57. The second-order valence-electron chi connectivity index (χ2n) is 4.25. The molecule has 0 aliphatic heterocycles. The van der Waals surface area contributed by atoms with E-state index in [9.17, 15) is 8.42 Å². The van der Waals surface area contributed by atoms with E-state index in [2.05, 4.69) is 10.0 Å². The van der Waals surface area contributed by atoms with Crippen molar-refractivity contribution in [2.24, 2.45) is 0 Å². The van der Waals surface area contributed by atoms with Gasteiger partial charge in [-0.15, -0.1) is 0 Å². The quantitative estimate of drug-likeness (QED) is 0.676. The summed E-state index contributed by atoms with van der Waals surface area (Å²) in [4.78, 5) is 0. The highest BCUT2D eigenvalue weighted by atomic mass is 32.2. The zero-order valence-corrected chi connectivity index (χ0v) is 12.3. The molecule has 0 unspecified atom stereocenters. The van der Waals surface area contributed by atoms with E-state index < -0.39 is 10.0 Å². The maximum Gasteiger partial charge on any atom is 0.232 e. The van der Waals surface area contributed by atoms with E-state index in [0.29, 0.717) is 18.7 Å². The van der Waals surface area contributed by atoms with Crippen LogP contribution in [0, 0.1) is 0 Å². The maximum absolute atomic E-state index is 11.8. The average Bonchev–Trinajstić information content (AvgIpc) is 2.36. The van der Waals surface area contributed by atoms with Crippen molar-refractivity contribution in [3.05, 3.63) is 29.8 Å². The molecule has 0 amide bonds. The zero-order valence-electron chi connectivity index (χ0n) is 11.5. The number of ether oxygens (including phenoxy) is 1. The van der Waals surface area contributed by atoms with Crippen LogP contribution in [-0.4, -0.2) is 34.4 Å². The van der Waals surface area contributed by atoms with Crippen LogP contribution in [0.15, 0.2) is 24.3 Å². The molecule has 5 nitrogen and oxygen atoms in total. The van der Waals surface area contributed by atoms with E-state index in [1.807, 2.05) is 25.1 Å². The van der Waals surface area contributed by atoms with E-state index >= 15 is 0 Å². The third kappa shape index (κ3) is 6.56. The Bertz CT molecular complexity index is 475. The normalized spacial score (nSPS) is 11.5. The molecule has 108 valence electrons. The number of nitrogens with one attached hydrogen (secondary N) is 2. The minimum atomic E-state index is -3.29. The fraction of sp³-hybridized carbons (Fsp3) is 0.538. The molecule has 0 aliphatic rings. The first-order chi connectivity index (χ1) is 9.07. The highest BCUT2D eigenvalue weighted by molar-refractivity contribution is 7.92.